The van der Waals surface area contributed by atoms with Crippen LogP contribution in [-0.2, 0) is 4.79 Å². The van der Waals surface area contributed by atoms with Crippen LogP contribution in [0.5, 0.6) is 0 Å². The summed E-state index contributed by atoms with van der Waals surface area (Å²) in [5.74, 6) is -1.09. The van der Waals surface area contributed by atoms with E-state index >= 15 is 0 Å². The van der Waals surface area contributed by atoms with Gasteiger partial charge in [0.1, 0.15) is 0 Å². The third-order valence-electron chi connectivity index (χ3n) is 2.77. The Labute approximate surface area is 99.6 Å². The lowest BCUT2D eigenvalue weighted by Crippen LogP contribution is -2.40. The van der Waals surface area contributed by atoms with Crippen molar-refractivity contribution in [3.05, 3.63) is 35.9 Å². The van der Waals surface area contributed by atoms with E-state index in [0.29, 0.717) is 11.6 Å². The molecule has 2 rings (SSSR count). The van der Waals surface area contributed by atoms with E-state index in [0.717, 1.165) is 12.8 Å². The molecule has 1 fully saturated rings. The molecule has 17 heavy (non-hydrogen) atoms. The molecule has 90 valence electrons. The molecule has 4 nitrogen and oxygen atoms in total. The number of hydrogen-bond donors (Lipinski definition) is 2. The number of ketones is 1. The van der Waals surface area contributed by atoms with Crippen LogP contribution in [0.15, 0.2) is 30.3 Å². The third kappa shape index (κ3) is 3.39. The van der Waals surface area contributed by atoms with Crippen molar-refractivity contribution in [2.75, 3.05) is 0 Å². The molecule has 0 saturated heterocycles. The zero-order chi connectivity index (χ0) is 12.3. The van der Waals surface area contributed by atoms with E-state index in [4.69, 9.17) is 5.11 Å². The number of hydrogen-bond acceptors (Lipinski definition) is 3. The second-order valence-corrected chi connectivity index (χ2v) is 4.32. The van der Waals surface area contributed by atoms with Crippen LogP contribution in [0.2, 0.25) is 0 Å². The van der Waals surface area contributed by atoms with Crippen molar-refractivity contribution < 1.29 is 14.7 Å². The van der Waals surface area contributed by atoms with E-state index in [1.54, 1.807) is 24.3 Å². The molecule has 0 bridgehead atoms. The number of carboxylic acid groups (broad SMARTS) is 1. The van der Waals surface area contributed by atoms with Gasteiger partial charge in [-0.15, -0.1) is 0 Å². The quantitative estimate of drug-likeness (QED) is 0.730. The van der Waals surface area contributed by atoms with Crippen LogP contribution >= 0.6 is 0 Å². The van der Waals surface area contributed by atoms with Crippen molar-refractivity contribution in [2.45, 2.75) is 31.3 Å². The van der Waals surface area contributed by atoms with E-state index in [1.165, 1.54) is 0 Å². The first kappa shape index (κ1) is 11.8. The maximum absolute atomic E-state index is 12.1. The third-order valence-corrected chi connectivity index (χ3v) is 2.77. The first-order valence-corrected chi connectivity index (χ1v) is 5.74. The van der Waals surface area contributed by atoms with Gasteiger partial charge in [0.15, 0.2) is 5.78 Å². The minimum atomic E-state index is -0.951. The molecule has 0 spiro atoms. The summed E-state index contributed by atoms with van der Waals surface area (Å²) in [4.78, 5) is 22.9. The van der Waals surface area contributed by atoms with Crippen LogP contribution in [0.1, 0.15) is 29.6 Å². The summed E-state index contributed by atoms with van der Waals surface area (Å²) in [6, 6.07) is 8.52. The lowest BCUT2D eigenvalue weighted by atomic mass is 10.0. The summed E-state index contributed by atoms with van der Waals surface area (Å²) < 4.78 is 0. The van der Waals surface area contributed by atoms with Gasteiger partial charge in [-0.3, -0.25) is 9.59 Å². The van der Waals surface area contributed by atoms with Gasteiger partial charge in [-0.05, 0) is 12.8 Å². The highest BCUT2D eigenvalue weighted by Gasteiger charge is 2.30. The summed E-state index contributed by atoms with van der Waals surface area (Å²) in [7, 11) is 0. The molecule has 0 amide bonds. The largest absolute Gasteiger partial charge is 0.481 e. The van der Waals surface area contributed by atoms with Crippen LogP contribution < -0.4 is 5.32 Å². The van der Waals surface area contributed by atoms with E-state index in [-0.39, 0.29) is 12.2 Å². The maximum atomic E-state index is 12.1. The second kappa shape index (κ2) is 5.10. The Kier molecular flexibility index (Phi) is 3.54. The van der Waals surface area contributed by atoms with E-state index < -0.39 is 12.0 Å². The fourth-order valence-corrected chi connectivity index (χ4v) is 1.74. The zero-order valence-corrected chi connectivity index (χ0v) is 9.43. The Balaban J connectivity index is 2.08. The smallest absolute Gasteiger partial charge is 0.305 e. The van der Waals surface area contributed by atoms with E-state index in [2.05, 4.69) is 5.32 Å². The Morgan fingerprint density at radius 3 is 2.47 bits per heavy atom. The number of rotatable bonds is 6. The predicted octanol–water partition coefficient (Wildman–Crippen LogP) is 1.46. The summed E-state index contributed by atoms with van der Waals surface area (Å²) in [5.41, 5.74) is 0.562. The average molecular weight is 233 g/mol. The van der Waals surface area contributed by atoms with Gasteiger partial charge in [0.2, 0.25) is 0 Å². The van der Waals surface area contributed by atoms with Gasteiger partial charge in [0.25, 0.3) is 0 Å². The molecule has 1 unspecified atom stereocenters. The summed E-state index contributed by atoms with van der Waals surface area (Å²) in [6.07, 6.45) is 1.89. The van der Waals surface area contributed by atoms with Gasteiger partial charge in [-0.2, -0.15) is 0 Å². The molecule has 1 aliphatic carbocycles. The molecule has 0 aliphatic heterocycles. The number of carbonyl (C=O) groups is 2. The number of carbonyl (C=O) groups excluding carboxylic acids is 1. The molecule has 2 N–H and O–H groups in total. The van der Waals surface area contributed by atoms with E-state index in [1.807, 2.05) is 6.07 Å². The van der Waals surface area contributed by atoms with E-state index in [9.17, 15) is 9.59 Å². The molecule has 1 saturated carbocycles. The van der Waals surface area contributed by atoms with Crippen molar-refractivity contribution in [3.63, 3.8) is 0 Å². The second-order valence-electron chi connectivity index (χ2n) is 4.32. The van der Waals surface area contributed by atoms with Crippen LogP contribution in [0.25, 0.3) is 0 Å². The lowest BCUT2D eigenvalue weighted by molar-refractivity contribution is -0.137. The number of Topliss-reactive ketones (excluding diaryl/α,β-unsaturated/α-hetero) is 1. The standard InChI is InChI=1S/C13H15NO3/c15-12(16)8-11(14-10-6-7-10)13(17)9-4-2-1-3-5-9/h1-5,10-11,14H,6-8H2,(H,15,16). The molecule has 1 aromatic rings. The summed E-state index contributed by atoms with van der Waals surface area (Å²) in [6.45, 7) is 0. The minimum absolute atomic E-state index is 0.139. The Morgan fingerprint density at radius 1 is 1.29 bits per heavy atom. The Morgan fingerprint density at radius 2 is 1.94 bits per heavy atom. The number of nitrogens with one attached hydrogen (secondary N) is 1. The molecule has 0 radical (unpaired) electrons. The molecule has 0 aromatic heterocycles. The van der Waals surface area contributed by atoms with Crippen molar-refractivity contribution in [1.29, 1.82) is 0 Å². The topological polar surface area (TPSA) is 66.4 Å². The fraction of sp³-hybridized carbons (Fsp3) is 0.385. The SMILES string of the molecule is O=C(O)CC(NC1CC1)C(=O)c1ccccc1. The fourth-order valence-electron chi connectivity index (χ4n) is 1.74. The first-order valence-electron chi connectivity index (χ1n) is 5.74. The van der Waals surface area contributed by atoms with Crippen LogP contribution in [0, 0.1) is 0 Å². The van der Waals surface area contributed by atoms with Crippen LogP contribution in [-0.4, -0.2) is 28.9 Å². The van der Waals surface area contributed by atoms with Gasteiger partial charge in [0, 0.05) is 11.6 Å². The van der Waals surface area contributed by atoms with Gasteiger partial charge < -0.3 is 10.4 Å². The maximum Gasteiger partial charge on any atom is 0.305 e. The average Bonchev–Trinajstić information content (AvgIpc) is 3.12. The summed E-state index contributed by atoms with van der Waals surface area (Å²) >= 11 is 0. The van der Waals surface area contributed by atoms with Gasteiger partial charge in [0.05, 0.1) is 12.5 Å². The summed E-state index contributed by atoms with van der Waals surface area (Å²) in [5, 5.41) is 11.9. The van der Waals surface area contributed by atoms with Crippen molar-refractivity contribution in [3.8, 4) is 0 Å². The highest BCUT2D eigenvalue weighted by molar-refractivity contribution is 6.01. The highest BCUT2D eigenvalue weighted by Crippen LogP contribution is 2.21. The zero-order valence-electron chi connectivity index (χ0n) is 9.43. The highest BCUT2D eigenvalue weighted by atomic mass is 16.4. The number of benzene rings is 1. The Bertz CT molecular complexity index is 412. The van der Waals surface area contributed by atoms with Gasteiger partial charge >= 0.3 is 5.97 Å². The van der Waals surface area contributed by atoms with Crippen molar-refractivity contribution in [2.24, 2.45) is 0 Å². The molecule has 1 aliphatic rings. The van der Waals surface area contributed by atoms with Crippen molar-refractivity contribution in [1.82, 2.24) is 5.32 Å². The predicted molar refractivity (Wildman–Crippen MR) is 63.0 cm³/mol. The first-order chi connectivity index (χ1) is 8.16. The molecule has 1 aromatic carbocycles. The lowest BCUT2D eigenvalue weighted by Gasteiger charge is -2.15. The molecular formula is C13H15NO3. The normalized spacial score (nSPS) is 16.5. The number of carboxylic acids is 1. The minimum Gasteiger partial charge on any atom is -0.481 e. The van der Waals surface area contributed by atoms with Crippen molar-refractivity contribution >= 4 is 11.8 Å². The van der Waals surface area contributed by atoms with Crippen LogP contribution in [0.3, 0.4) is 0 Å². The van der Waals surface area contributed by atoms with Gasteiger partial charge in [-0.1, -0.05) is 30.3 Å². The molecule has 1 atom stereocenters. The molecule has 0 heterocycles. The van der Waals surface area contributed by atoms with Gasteiger partial charge in [-0.25, -0.2) is 0 Å². The molecular weight excluding hydrogens is 218 g/mol. The van der Waals surface area contributed by atoms with Crippen LogP contribution in [0.4, 0.5) is 0 Å². The number of aliphatic carboxylic acids is 1. The molecule has 4 heteroatoms. The monoisotopic (exact) mass is 233 g/mol. The Hall–Kier alpha value is -1.68.